The fourth-order valence-electron chi connectivity index (χ4n) is 2.37. The van der Waals surface area contributed by atoms with Gasteiger partial charge >= 0.3 is 6.03 Å². The number of aliphatic hydroxyl groups excluding tert-OH is 1. The van der Waals surface area contributed by atoms with E-state index in [4.69, 9.17) is 0 Å². The number of carbonyl (C=O) groups is 1. The van der Waals surface area contributed by atoms with Gasteiger partial charge in [-0.25, -0.2) is 4.79 Å². The maximum atomic E-state index is 11.7. The number of nitrogens with one attached hydrogen (secondary N) is 2. The molecule has 1 aliphatic rings. The van der Waals surface area contributed by atoms with Gasteiger partial charge in [0, 0.05) is 17.8 Å². The van der Waals surface area contributed by atoms with Crippen LogP contribution in [0.15, 0.2) is 0 Å². The second-order valence-corrected chi connectivity index (χ2v) is 6.16. The Kier molecular flexibility index (Phi) is 7.51. The molecule has 0 saturated heterocycles. The Morgan fingerprint density at radius 1 is 1.50 bits per heavy atom. The van der Waals surface area contributed by atoms with Crippen LogP contribution in [-0.2, 0) is 0 Å². The van der Waals surface area contributed by atoms with Crippen LogP contribution >= 0.6 is 11.8 Å². The van der Waals surface area contributed by atoms with E-state index in [9.17, 15) is 9.90 Å². The lowest BCUT2D eigenvalue weighted by atomic mass is 9.95. The van der Waals surface area contributed by atoms with Gasteiger partial charge in [-0.2, -0.15) is 11.8 Å². The highest BCUT2D eigenvalue weighted by Gasteiger charge is 2.22. The maximum Gasteiger partial charge on any atom is 0.315 e. The first kappa shape index (κ1) is 15.6. The third kappa shape index (κ3) is 5.96. The molecule has 0 spiro atoms. The molecule has 3 N–H and O–H groups in total. The molecule has 0 aromatic heterocycles. The molecule has 0 heterocycles. The highest BCUT2D eigenvalue weighted by atomic mass is 32.2. The van der Waals surface area contributed by atoms with Gasteiger partial charge in [-0.05, 0) is 31.9 Å². The number of hydrogen-bond donors (Lipinski definition) is 3. The number of urea groups is 1. The van der Waals surface area contributed by atoms with E-state index in [2.05, 4.69) is 16.9 Å². The van der Waals surface area contributed by atoms with Gasteiger partial charge in [-0.3, -0.25) is 0 Å². The van der Waals surface area contributed by atoms with E-state index in [-0.39, 0.29) is 6.03 Å². The van der Waals surface area contributed by atoms with Crippen molar-refractivity contribution in [1.82, 2.24) is 10.6 Å². The number of rotatable bonds is 6. The first-order chi connectivity index (χ1) is 8.65. The molecule has 0 radical (unpaired) electrons. The van der Waals surface area contributed by atoms with Crippen LogP contribution in [0.4, 0.5) is 4.79 Å². The molecule has 0 bridgehead atoms. The summed E-state index contributed by atoms with van der Waals surface area (Å²) in [5.74, 6) is 0. The van der Waals surface area contributed by atoms with Crippen molar-refractivity contribution in [3.8, 4) is 0 Å². The minimum atomic E-state index is -0.425. The minimum absolute atomic E-state index is 0.142. The Balaban J connectivity index is 2.19. The average Bonchev–Trinajstić information content (AvgIpc) is 2.37. The molecule has 0 aliphatic heterocycles. The summed E-state index contributed by atoms with van der Waals surface area (Å²) in [5.41, 5.74) is 0. The first-order valence-corrected chi connectivity index (χ1v) is 8.19. The summed E-state index contributed by atoms with van der Waals surface area (Å²) in [5, 5.41) is 16.0. The molecule has 1 fully saturated rings. The predicted octanol–water partition coefficient (Wildman–Crippen LogP) is 2.12. The zero-order valence-electron chi connectivity index (χ0n) is 11.4. The largest absolute Gasteiger partial charge is 0.391 e. The van der Waals surface area contributed by atoms with Crippen molar-refractivity contribution in [2.75, 3.05) is 12.8 Å². The van der Waals surface area contributed by atoms with Crippen LogP contribution in [0.3, 0.4) is 0 Å². The monoisotopic (exact) mass is 274 g/mol. The molecule has 3 atom stereocenters. The van der Waals surface area contributed by atoms with Crippen LogP contribution in [0.1, 0.15) is 45.4 Å². The van der Waals surface area contributed by atoms with Gasteiger partial charge in [0.2, 0.25) is 0 Å². The molecule has 1 rings (SSSR count). The van der Waals surface area contributed by atoms with E-state index in [1.165, 1.54) is 12.8 Å². The molecule has 3 unspecified atom stereocenters. The lowest BCUT2D eigenvalue weighted by molar-refractivity contribution is 0.159. The summed E-state index contributed by atoms with van der Waals surface area (Å²) in [4.78, 5) is 11.7. The lowest BCUT2D eigenvalue weighted by Gasteiger charge is -2.28. The summed E-state index contributed by atoms with van der Waals surface area (Å²) < 4.78 is 0. The Morgan fingerprint density at radius 3 is 2.94 bits per heavy atom. The van der Waals surface area contributed by atoms with Gasteiger partial charge in [-0.1, -0.05) is 19.8 Å². The van der Waals surface area contributed by atoms with E-state index in [1.807, 2.05) is 18.7 Å². The minimum Gasteiger partial charge on any atom is -0.391 e. The van der Waals surface area contributed by atoms with Crippen molar-refractivity contribution in [3.05, 3.63) is 0 Å². The molecule has 4 nitrogen and oxygen atoms in total. The predicted molar refractivity (Wildman–Crippen MR) is 77.0 cm³/mol. The van der Waals surface area contributed by atoms with Gasteiger partial charge in [0.1, 0.15) is 0 Å². The van der Waals surface area contributed by atoms with Gasteiger partial charge in [0.15, 0.2) is 0 Å². The Hall–Kier alpha value is -0.420. The highest BCUT2D eigenvalue weighted by Crippen LogP contribution is 2.26. The zero-order chi connectivity index (χ0) is 13.4. The highest BCUT2D eigenvalue weighted by molar-refractivity contribution is 7.99. The summed E-state index contributed by atoms with van der Waals surface area (Å²) in [6.07, 6.45) is 7.96. The van der Waals surface area contributed by atoms with Crippen LogP contribution in [0.25, 0.3) is 0 Å². The molecule has 1 saturated carbocycles. The van der Waals surface area contributed by atoms with E-state index >= 15 is 0 Å². The van der Waals surface area contributed by atoms with Gasteiger partial charge in [0.25, 0.3) is 0 Å². The quantitative estimate of drug-likeness (QED) is 0.695. The Bertz CT molecular complexity index is 251. The Morgan fingerprint density at radius 2 is 2.28 bits per heavy atom. The topological polar surface area (TPSA) is 61.4 Å². The fraction of sp³-hybridized carbons (Fsp3) is 0.923. The molecule has 0 aromatic carbocycles. The summed E-state index contributed by atoms with van der Waals surface area (Å²) in [6.45, 7) is 2.37. The molecule has 106 valence electrons. The standard InChI is InChI=1S/C13H26N2O2S/c1-3-5-11(16)9-14-13(17)15-10-6-4-7-12(8-10)18-2/h10-12,16H,3-9H2,1-2H3,(H2,14,15,17). The molecule has 2 amide bonds. The molecule has 5 heteroatoms. The van der Waals surface area contributed by atoms with Crippen molar-refractivity contribution in [2.45, 2.75) is 62.8 Å². The third-order valence-corrected chi connectivity index (χ3v) is 4.51. The van der Waals surface area contributed by atoms with E-state index in [1.54, 1.807) is 0 Å². The molecular weight excluding hydrogens is 248 g/mol. The van der Waals surface area contributed by atoms with Crippen LogP contribution < -0.4 is 10.6 Å². The Labute approximate surface area is 114 Å². The smallest absolute Gasteiger partial charge is 0.315 e. The van der Waals surface area contributed by atoms with Gasteiger partial charge in [0.05, 0.1) is 6.10 Å². The van der Waals surface area contributed by atoms with Crippen molar-refractivity contribution in [3.63, 3.8) is 0 Å². The second-order valence-electron chi connectivity index (χ2n) is 5.02. The van der Waals surface area contributed by atoms with Gasteiger partial charge < -0.3 is 15.7 Å². The number of carbonyl (C=O) groups excluding carboxylic acids is 1. The number of hydrogen-bond acceptors (Lipinski definition) is 3. The van der Waals surface area contributed by atoms with Crippen LogP contribution in [0, 0.1) is 0 Å². The van der Waals surface area contributed by atoms with Crippen LogP contribution in [-0.4, -0.2) is 41.3 Å². The molecule has 18 heavy (non-hydrogen) atoms. The second kappa shape index (κ2) is 8.64. The average molecular weight is 274 g/mol. The SMILES string of the molecule is CCCC(O)CNC(=O)NC1CCCC(SC)C1. The summed E-state index contributed by atoms with van der Waals surface area (Å²) >= 11 is 1.89. The van der Waals surface area contributed by atoms with Crippen molar-refractivity contribution in [2.24, 2.45) is 0 Å². The fourth-order valence-corrected chi connectivity index (χ4v) is 3.20. The number of thioether (sulfide) groups is 1. The number of aliphatic hydroxyl groups is 1. The van der Waals surface area contributed by atoms with E-state index < -0.39 is 6.10 Å². The van der Waals surface area contributed by atoms with Crippen LogP contribution in [0.5, 0.6) is 0 Å². The zero-order valence-corrected chi connectivity index (χ0v) is 12.3. The summed E-state index contributed by atoms with van der Waals surface area (Å²) in [6, 6.07) is 0.149. The van der Waals surface area contributed by atoms with Gasteiger partial charge in [-0.15, -0.1) is 0 Å². The normalized spacial score (nSPS) is 25.5. The summed E-state index contributed by atoms with van der Waals surface area (Å²) in [7, 11) is 0. The maximum absolute atomic E-state index is 11.7. The lowest BCUT2D eigenvalue weighted by Crippen LogP contribution is -2.46. The third-order valence-electron chi connectivity index (χ3n) is 3.41. The van der Waals surface area contributed by atoms with Crippen molar-refractivity contribution in [1.29, 1.82) is 0 Å². The van der Waals surface area contributed by atoms with Crippen molar-refractivity contribution < 1.29 is 9.90 Å². The van der Waals surface area contributed by atoms with E-state index in [0.29, 0.717) is 17.8 Å². The van der Waals surface area contributed by atoms with E-state index in [0.717, 1.165) is 25.7 Å². The number of amides is 2. The molecular formula is C13H26N2O2S. The molecule has 0 aromatic rings. The van der Waals surface area contributed by atoms with Crippen molar-refractivity contribution >= 4 is 17.8 Å². The van der Waals surface area contributed by atoms with Crippen LogP contribution in [0.2, 0.25) is 0 Å². The molecule has 1 aliphatic carbocycles. The first-order valence-electron chi connectivity index (χ1n) is 6.91.